The molecule has 0 aliphatic heterocycles. The zero-order chi connectivity index (χ0) is 18.4. The Morgan fingerprint density at radius 2 is 2.15 bits per heavy atom. The molecule has 0 radical (unpaired) electrons. The van der Waals surface area contributed by atoms with Gasteiger partial charge in [-0.05, 0) is 18.1 Å². The summed E-state index contributed by atoms with van der Waals surface area (Å²) in [5.41, 5.74) is 3.10. The number of amides is 1. The van der Waals surface area contributed by atoms with Gasteiger partial charge in [-0.25, -0.2) is 9.37 Å². The Balaban J connectivity index is 1.98. The highest BCUT2D eigenvalue weighted by molar-refractivity contribution is 6.35. The number of rotatable bonds is 4. The number of benzene rings is 1. The fraction of sp³-hybridized carbons (Fsp3) is 0.167. The van der Waals surface area contributed by atoms with Crippen molar-refractivity contribution in [3.63, 3.8) is 0 Å². The molecule has 1 aromatic carbocycles. The second-order valence-corrected chi connectivity index (χ2v) is 6.68. The molecule has 0 saturated carbocycles. The third kappa shape index (κ3) is 2.43. The van der Waals surface area contributed by atoms with Gasteiger partial charge >= 0.3 is 0 Å². The van der Waals surface area contributed by atoms with Crippen LogP contribution in [-0.4, -0.2) is 26.0 Å². The highest BCUT2D eigenvalue weighted by Gasteiger charge is 2.22. The zero-order valence-corrected chi connectivity index (χ0v) is 14.8. The van der Waals surface area contributed by atoms with Crippen molar-refractivity contribution in [2.75, 3.05) is 5.32 Å². The molecular weight excluding hydrogens is 357 g/mol. The first kappa shape index (κ1) is 16.5. The molecule has 1 amide bonds. The number of aromatic nitrogens is 4. The lowest BCUT2D eigenvalue weighted by molar-refractivity contribution is -0.105. The molecule has 0 bridgehead atoms. The van der Waals surface area contributed by atoms with Gasteiger partial charge in [0, 0.05) is 28.3 Å². The highest BCUT2D eigenvalue weighted by Crippen LogP contribution is 2.41. The number of imidazole rings is 1. The maximum Gasteiger partial charge on any atom is 0.212 e. The normalized spacial score (nSPS) is 11.6. The Kier molecular flexibility index (Phi) is 3.88. The van der Waals surface area contributed by atoms with Crippen LogP contribution in [0.2, 0.25) is 5.02 Å². The van der Waals surface area contributed by atoms with Crippen molar-refractivity contribution in [2.45, 2.75) is 19.8 Å². The largest absolute Gasteiger partial charge is 0.312 e. The molecule has 26 heavy (non-hydrogen) atoms. The molecule has 8 heteroatoms. The summed E-state index contributed by atoms with van der Waals surface area (Å²) in [7, 11) is 0. The summed E-state index contributed by atoms with van der Waals surface area (Å²) >= 11 is 6.42. The van der Waals surface area contributed by atoms with Gasteiger partial charge < -0.3 is 9.72 Å². The minimum absolute atomic E-state index is 0.0439. The van der Waals surface area contributed by atoms with Crippen molar-refractivity contribution in [1.82, 2.24) is 19.6 Å². The number of anilines is 1. The fourth-order valence-corrected chi connectivity index (χ4v) is 3.54. The SMILES string of the molecule is CC(C)c1c(F)c(Cl)c(-c2ccc3nc(NC=O)cn3c2)c2cn[nH]c12. The van der Waals surface area contributed by atoms with E-state index in [4.69, 9.17) is 11.6 Å². The van der Waals surface area contributed by atoms with Crippen LogP contribution in [0.5, 0.6) is 0 Å². The van der Waals surface area contributed by atoms with Crippen LogP contribution < -0.4 is 5.32 Å². The molecule has 0 atom stereocenters. The molecule has 0 unspecified atom stereocenters. The van der Waals surface area contributed by atoms with E-state index in [2.05, 4.69) is 20.5 Å². The molecule has 0 aliphatic rings. The van der Waals surface area contributed by atoms with Gasteiger partial charge in [0.25, 0.3) is 0 Å². The number of halogens is 2. The lowest BCUT2D eigenvalue weighted by Crippen LogP contribution is -1.99. The molecule has 4 rings (SSSR count). The zero-order valence-electron chi connectivity index (χ0n) is 14.0. The Labute approximate surface area is 153 Å². The van der Waals surface area contributed by atoms with E-state index in [1.807, 2.05) is 19.9 Å². The molecular formula is C18H15ClFN5O. The lowest BCUT2D eigenvalue weighted by Gasteiger charge is -2.14. The van der Waals surface area contributed by atoms with Gasteiger partial charge in [-0.1, -0.05) is 25.4 Å². The van der Waals surface area contributed by atoms with Crippen LogP contribution in [0.25, 0.3) is 27.7 Å². The number of carbonyl (C=O) groups is 1. The second kappa shape index (κ2) is 6.10. The predicted octanol–water partition coefficient (Wildman–Crippen LogP) is 4.36. The Morgan fingerprint density at radius 1 is 1.35 bits per heavy atom. The number of nitrogens with zero attached hydrogens (tertiary/aromatic N) is 3. The standard InChI is InChI=1S/C18H15ClFN5O/c1-9(2)14-17(20)16(19)15(11-5-22-24-18(11)14)10-3-4-13-23-12(21-8-26)7-25(13)6-10/h3-9H,1-2H3,(H,21,26)(H,22,24). The van der Waals surface area contributed by atoms with Crippen LogP contribution in [-0.2, 0) is 4.79 Å². The first-order valence-electron chi connectivity index (χ1n) is 8.04. The number of nitrogens with one attached hydrogen (secondary N) is 2. The maximum atomic E-state index is 15.0. The number of fused-ring (bicyclic) bond motifs is 2. The summed E-state index contributed by atoms with van der Waals surface area (Å²) in [5, 5.41) is 10.3. The molecule has 0 saturated heterocycles. The second-order valence-electron chi connectivity index (χ2n) is 6.30. The van der Waals surface area contributed by atoms with E-state index >= 15 is 0 Å². The van der Waals surface area contributed by atoms with Crippen LogP contribution in [0.1, 0.15) is 25.3 Å². The van der Waals surface area contributed by atoms with Crippen LogP contribution >= 0.6 is 11.6 Å². The van der Waals surface area contributed by atoms with E-state index in [0.29, 0.717) is 34.5 Å². The average Bonchev–Trinajstić information content (AvgIpc) is 3.21. The molecule has 0 aliphatic carbocycles. The number of pyridine rings is 1. The average molecular weight is 372 g/mol. The highest BCUT2D eigenvalue weighted by atomic mass is 35.5. The van der Waals surface area contributed by atoms with E-state index in [1.165, 1.54) is 0 Å². The van der Waals surface area contributed by atoms with Crippen molar-refractivity contribution in [3.8, 4) is 11.1 Å². The van der Waals surface area contributed by atoms with Crippen molar-refractivity contribution in [2.24, 2.45) is 0 Å². The summed E-state index contributed by atoms with van der Waals surface area (Å²) in [6.07, 6.45) is 5.68. The van der Waals surface area contributed by atoms with Gasteiger partial charge in [0.1, 0.15) is 11.5 Å². The Bertz CT molecular complexity index is 1150. The van der Waals surface area contributed by atoms with E-state index in [1.54, 1.807) is 29.1 Å². The first-order chi connectivity index (χ1) is 12.5. The smallest absolute Gasteiger partial charge is 0.212 e. The summed E-state index contributed by atoms with van der Waals surface area (Å²) in [4.78, 5) is 14.9. The van der Waals surface area contributed by atoms with E-state index in [9.17, 15) is 9.18 Å². The summed E-state index contributed by atoms with van der Waals surface area (Å²) in [5.74, 6) is -0.0573. The topological polar surface area (TPSA) is 75.1 Å². The van der Waals surface area contributed by atoms with Crippen LogP contribution in [0.4, 0.5) is 10.2 Å². The molecule has 6 nitrogen and oxygen atoms in total. The first-order valence-corrected chi connectivity index (χ1v) is 8.42. The number of hydrogen-bond acceptors (Lipinski definition) is 3. The van der Waals surface area contributed by atoms with Crippen molar-refractivity contribution < 1.29 is 9.18 Å². The molecule has 132 valence electrons. The number of H-pyrrole nitrogens is 1. The van der Waals surface area contributed by atoms with Gasteiger partial charge in [0.15, 0.2) is 5.82 Å². The van der Waals surface area contributed by atoms with E-state index < -0.39 is 5.82 Å². The van der Waals surface area contributed by atoms with Gasteiger partial charge in [-0.3, -0.25) is 9.89 Å². The van der Waals surface area contributed by atoms with Crippen LogP contribution in [0, 0.1) is 5.82 Å². The van der Waals surface area contributed by atoms with E-state index in [0.717, 1.165) is 10.9 Å². The number of carbonyl (C=O) groups excluding carboxylic acids is 1. The van der Waals surface area contributed by atoms with Gasteiger partial charge in [0.05, 0.1) is 22.9 Å². The Hall–Kier alpha value is -2.93. The minimum atomic E-state index is -0.442. The summed E-state index contributed by atoms with van der Waals surface area (Å²) in [6.45, 7) is 3.82. The number of hydrogen-bond donors (Lipinski definition) is 2. The molecule has 0 spiro atoms. The van der Waals surface area contributed by atoms with E-state index in [-0.39, 0.29) is 10.9 Å². The Morgan fingerprint density at radius 3 is 2.88 bits per heavy atom. The van der Waals surface area contributed by atoms with Gasteiger partial charge in [-0.2, -0.15) is 5.10 Å². The van der Waals surface area contributed by atoms with Crippen molar-refractivity contribution >= 4 is 40.4 Å². The molecule has 3 aromatic heterocycles. The number of aromatic amines is 1. The monoisotopic (exact) mass is 371 g/mol. The third-order valence-corrected chi connectivity index (χ3v) is 4.71. The molecule has 3 heterocycles. The fourth-order valence-electron chi connectivity index (χ4n) is 3.23. The summed E-state index contributed by atoms with van der Waals surface area (Å²) in [6, 6.07) is 3.59. The molecule has 2 N–H and O–H groups in total. The maximum absolute atomic E-state index is 15.0. The molecule has 0 fully saturated rings. The third-order valence-electron chi connectivity index (χ3n) is 4.35. The quantitative estimate of drug-likeness (QED) is 0.523. The minimum Gasteiger partial charge on any atom is -0.312 e. The van der Waals surface area contributed by atoms with Crippen LogP contribution in [0.15, 0.2) is 30.7 Å². The van der Waals surface area contributed by atoms with Crippen LogP contribution in [0.3, 0.4) is 0 Å². The lowest BCUT2D eigenvalue weighted by atomic mass is 9.94. The predicted molar refractivity (Wildman–Crippen MR) is 99.0 cm³/mol. The van der Waals surface area contributed by atoms with Gasteiger partial charge in [-0.15, -0.1) is 0 Å². The van der Waals surface area contributed by atoms with Crippen molar-refractivity contribution in [1.29, 1.82) is 0 Å². The summed E-state index contributed by atoms with van der Waals surface area (Å²) < 4.78 is 16.7. The van der Waals surface area contributed by atoms with Crippen molar-refractivity contribution in [3.05, 3.63) is 47.1 Å². The molecule has 4 aromatic rings. The van der Waals surface area contributed by atoms with Gasteiger partial charge in [0.2, 0.25) is 6.41 Å².